The number of ether oxygens (including phenoxy) is 3. The summed E-state index contributed by atoms with van der Waals surface area (Å²) in [4.78, 5) is 25.8. The molecule has 0 aliphatic heterocycles. The van der Waals surface area contributed by atoms with E-state index in [0.29, 0.717) is 17.2 Å². The second-order valence-corrected chi connectivity index (χ2v) is 11.5. The molecule has 4 aromatic rings. The number of nitrogens with one attached hydrogen (secondary N) is 1. The van der Waals surface area contributed by atoms with Gasteiger partial charge in [-0.3, -0.25) is 0 Å². The summed E-state index contributed by atoms with van der Waals surface area (Å²) < 4.78 is 17.0. The van der Waals surface area contributed by atoms with Gasteiger partial charge >= 0.3 is 12.1 Å². The van der Waals surface area contributed by atoms with Crippen molar-refractivity contribution in [1.82, 2.24) is 5.32 Å². The van der Waals surface area contributed by atoms with Crippen LogP contribution >= 0.6 is 11.6 Å². The fourth-order valence-electron chi connectivity index (χ4n) is 4.33. The fraction of sp³-hybridized carbons (Fsp3) is 0.257. The molecule has 6 nitrogen and oxygen atoms in total. The second kappa shape index (κ2) is 14.1. The van der Waals surface area contributed by atoms with Crippen LogP contribution in [-0.4, -0.2) is 23.7 Å². The average molecular weight is 586 g/mol. The number of benzene rings is 4. The van der Waals surface area contributed by atoms with Crippen LogP contribution in [0.2, 0.25) is 5.02 Å². The van der Waals surface area contributed by atoms with E-state index < -0.39 is 23.7 Å². The Bertz CT molecular complexity index is 1500. The molecule has 7 heteroatoms. The summed E-state index contributed by atoms with van der Waals surface area (Å²) in [6.45, 7) is 7.85. The largest absolute Gasteiger partial charge is 0.489 e. The minimum atomic E-state index is -1.01. The Kier molecular flexibility index (Phi) is 10.3. The lowest BCUT2D eigenvalue weighted by Crippen LogP contribution is -2.45. The molecule has 0 radical (unpaired) electrons. The molecule has 0 aliphatic carbocycles. The molecule has 1 amide bonds. The summed E-state index contributed by atoms with van der Waals surface area (Å²) in [5.41, 5.74) is 4.78. The van der Waals surface area contributed by atoms with E-state index in [-0.39, 0.29) is 13.0 Å². The molecule has 0 fully saturated rings. The Balaban J connectivity index is 1.51. The highest BCUT2D eigenvalue weighted by Gasteiger charge is 2.27. The van der Waals surface area contributed by atoms with Crippen LogP contribution in [0.1, 0.15) is 43.0 Å². The number of rotatable bonds is 10. The number of carbonyl (C=O) groups is 2. The van der Waals surface area contributed by atoms with Crippen LogP contribution in [0.5, 0.6) is 5.75 Å². The molecule has 0 saturated carbocycles. The monoisotopic (exact) mass is 585 g/mol. The van der Waals surface area contributed by atoms with Gasteiger partial charge in [0.25, 0.3) is 0 Å². The van der Waals surface area contributed by atoms with Gasteiger partial charge in [-0.15, -0.1) is 0 Å². The number of amides is 1. The molecule has 0 unspecified atom stereocenters. The summed E-state index contributed by atoms with van der Waals surface area (Å²) in [7, 11) is 0. The third kappa shape index (κ3) is 9.11. The SMILES string of the molecule is Cc1cc(-c2ccc(Cl)c(C[C@H](NC(=O)OC(C)(C)C)C(=O)OCc3ccccc3)c2)ccc1OCc1ccccc1. The quantitative estimate of drug-likeness (QED) is 0.190. The van der Waals surface area contributed by atoms with Gasteiger partial charge in [0.05, 0.1) is 0 Å². The zero-order chi connectivity index (χ0) is 30.1. The zero-order valence-corrected chi connectivity index (χ0v) is 25.1. The molecule has 1 N–H and O–H groups in total. The number of esters is 1. The van der Waals surface area contributed by atoms with E-state index in [9.17, 15) is 9.59 Å². The summed E-state index contributed by atoms with van der Waals surface area (Å²) in [6.07, 6.45) is -0.588. The van der Waals surface area contributed by atoms with Crippen LogP contribution in [0, 0.1) is 6.92 Å². The van der Waals surface area contributed by atoms with Crippen LogP contribution in [0.4, 0.5) is 4.79 Å². The molecule has 218 valence electrons. The van der Waals surface area contributed by atoms with E-state index in [4.69, 9.17) is 25.8 Å². The van der Waals surface area contributed by atoms with Crippen molar-refractivity contribution < 1.29 is 23.8 Å². The highest BCUT2D eigenvalue weighted by atomic mass is 35.5. The second-order valence-electron chi connectivity index (χ2n) is 11.1. The van der Waals surface area contributed by atoms with Gasteiger partial charge < -0.3 is 19.5 Å². The molecule has 0 aliphatic rings. The van der Waals surface area contributed by atoms with Crippen molar-refractivity contribution >= 4 is 23.7 Å². The van der Waals surface area contributed by atoms with Gasteiger partial charge in [-0.2, -0.15) is 0 Å². The predicted octanol–water partition coefficient (Wildman–Crippen LogP) is 8.07. The first kappa shape index (κ1) is 30.7. The van der Waals surface area contributed by atoms with Crippen molar-refractivity contribution in [1.29, 1.82) is 0 Å². The summed E-state index contributed by atoms with van der Waals surface area (Å²) in [6, 6.07) is 30.0. The number of alkyl carbamates (subject to hydrolysis) is 1. The maximum Gasteiger partial charge on any atom is 0.408 e. The van der Waals surface area contributed by atoms with Crippen molar-refractivity contribution in [2.24, 2.45) is 0 Å². The summed E-state index contributed by atoms with van der Waals surface area (Å²) >= 11 is 6.59. The lowest BCUT2D eigenvalue weighted by Gasteiger charge is -2.23. The van der Waals surface area contributed by atoms with Crippen LogP contribution in [0.25, 0.3) is 11.1 Å². The number of hydrogen-bond acceptors (Lipinski definition) is 5. The Hall–Kier alpha value is -4.29. The van der Waals surface area contributed by atoms with E-state index in [1.54, 1.807) is 26.8 Å². The lowest BCUT2D eigenvalue weighted by molar-refractivity contribution is -0.147. The highest BCUT2D eigenvalue weighted by Crippen LogP contribution is 2.30. The van der Waals surface area contributed by atoms with Gasteiger partial charge in [-0.25, -0.2) is 9.59 Å². The molecule has 0 heterocycles. The molecule has 1 atom stereocenters. The zero-order valence-electron chi connectivity index (χ0n) is 24.4. The molecular weight excluding hydrogens is 550 g/mol. The maximum atomic E-state index is 13.2. The van der Waals surface area contributed by atoms with E-state index in [0.717, 1.165) is 33.6 Å². The first-order valence-electron chi connectivity index (χ1n) is 13.8. The number of halogens is 1. The van der Waals surface area contributed by atoms with Gasteiger partial charge in [0.15, 0.2) is 0 Å². The van der Waals surface area contributed by atoms with Crippen molar-refractivity contribution in [2.45, 2.75) is 59.0 Å². The van der Waals surface area contributed by atoms with Crippen LogP contribution in [0.15, 0.2) is 97.1 Å². The molecule has 0 aromatic heterocycles. The van der Waals surface area contributed by atoms with Crippen molar-refractivity contribution in [3.8, 4) is 16.9 Å². The standard InChI is InChI=1S/C35H36ClNO5/c1-24-19-27(16-18-32(24)40-22-25-11-7-5-8-12-25)28-15-17-30(36)29(20-28)21-31(37-34(39)42-35(2,3)4)33(38)41-23-26-13-9-6-10-14-26/h5-20,31H,21-23H2,1-4H3,(H,37,39)/t31-/m0/s1. The Morgan fingerprint density at radius 2 is 1.40 bits per heavy atom. The minimum Gasteiger partial charge on any atom is -0.489 e. The first-order chi connectivity index (χ1) is 20.1. The van der Waals surface area contributed by atoms with Gasteiger partial charge in [-0.05, 0) is 85.3 Å². The van der Waals surface area contributed by atoms with Crippen LogP contribution in [-0.2, 0) is 33.9 Å². The molecule has 0 spiro atoms. The molecule has 42 heavy (non-hydrogen) atoms. The number of carbonyl (C=O) groups excluding carboxylic acids is 2. The molecule has 4 rings (SSSR count). The Labute approximate surface area is 252 Å². The number of hydrogen-bond donors (Lipinski definition) is 1. The van der Waals surface area contributed by atoms with Gasteiger partial charge in [0.1, 0.15) is 30.6 Å². The fourth-order valence-corrected chi connectivity index (χ4v) is 4.52. The Morgan fingerprint density at radius 3 is 2.02 bits per heavy atom. The molecule has 0 bridgehead atoms. The average Bonchev–Trinajstić information content (AvgIpc) is 2.96. The third-order valence-electron chi connectivity index (χ3n) is 6.41. The minimum absolute atomic E-state index is 0.0813. The van der Waals surface area contributed by atoms with E-state index >= 15 is 0 Å². The van der Waals surface area contributed by atoms with Crippen molar-refractivity contribution in [2.75, 3.05) is 0 Å². The van der Waals surface area contributed by atoms with E-state index in [2.05, 4.69) is 11.4 Å². The topological polar surface area (TPSA) is 73.9 Å². The lowest BCUT2D eigenvalue weighted by atomic mass is 9.98. The molecule has 4 aromatic carbocycles. The van der Waals surface area contributed by atoms with E-state index in [1.165, 1.54) is 0 Å². The van der Waals surface area contributed by atoms with Crippen molar-refractivity contribution in [3.63, 3.8) is 0 Å². The summed E-state index contributed by atoms with van der Waals surface area (Å²) in [5.74, 6) is 0.224. The van der Waals surface area contributed by atoms with Gasteiger partial charge in [-0.1, -0.05) is 84.4 Å². The normalized spacial score (nSPS) is 11.8. The van der Waals surface area contributed by atoms with Crippen LogP contribution in [0.3, 0.4) is 0 Å². The summed E-state index contributed by atoms with van der Waals surface area (Å²) in [5, 5.41) is 3.15. The van der Waals surface area contributed by atoms with Gasteiger partial charge in [0.2, 0.25) is 0 Å². The number of aryl methyl sites for hydroxylation is 1. The first-order valence-corrected chi connectivity index (χ1v) is 14.2. The third-order valence-corrected chi connectivity index (χ3v) is 6.78. The molecular formula is C35H36ClNO5. The van der Waals surface area contributed by atoms with Crippen molar-refractivity contribution in [3.05, 3.63) is 124 Å². The molecule has 0 saturated heterocycles. The van der Waals surface area contributed by atoms with Gasteiger partial charge in [0, 0.05) is 11.4 Å². The highest BCUT2D eigenvalue weighted by molar-refractivity contribution is 6.31. The van der Waals surface area contributed by atoms with Crippen LogP contribution < -0.4 is 10.1 Å². The predicted molar refractivity (Wildman–Crippen MR) is 165 cm³/mol. The Morgan fingerprint density at radius 1 is 0.810 bits per heavy atom. The smallest absolute Gasteiger partial charge is 0.408 e. The van der Waals surface area contributed by atoms with E-state index in [1.807, 2.05) is 91.9 Å². The maximum absolute atomic E-state index is 13.2.